The van der Waals surface area contributed by atoms with E-state index in [2.05, 4.69) is 0 Å². The fraction of sp³-hybridized carbons (Fsp3) is 0.182. The third-order valence-electron chi connectivity index (χ3n) is 4.55. The largest absolute Gasteiger partial charge is 0.810 e. The van der Waals surface area contributed by atoms with Gasteiger partial charge in [0.15, 0.2) is 11.5 Å². The molecule has 0 radical (unpaired) electrons. The summed E-state index contributed by atoms with van der Waals surface area (Å²) < 4.78 is 56.2. The van der Waals surface area contributed by atoms with Gasteiger partial charge in [-0.05, 0) is 61.2 Å². The Hall–Kier alpha value is -2.68. The first-order valence-electron chi connectivity index (χ1n) is 9.68. The van der Waals surface area contributed by atoms with Crippen molar-refractivity contribution in [2.24, 2.45) is 0 Å². The van der Waals surface area contributed by atoms with Crippen LogP contribution in [0.15, 0.2) is 78.9 Å². The topological polar surface area (TPSA) is 139 Å². The van der Waals surface area contributed by atoms with Crippen molar-refractivity contribution in [2.45, 2.75) is 24.3 Å². The van der Waals surface area contributed by atoms with Crippen LogP contribution in [-0.4, -0.2) is 18.0 Å². The standard InChI is InChI=1S/C22H23O8PS/c23-31(24,25)22(32(26,27)28)15-7-9-17-8-6-12-19(16-17)30-21-14-5-4-13-20(21)29-18-10-2-1-3-11-18/h1-6,8,10-14,16,22H,7,9,15H2,(H2,23,24,25)(H,26,27,28)/p-3. The van der Waals surface area contributed by atoms with Gasteiger partial charge in [0, 0.05) is 0 Å². The molecule has 3 aromatic carbocycles. The Bertz CT molecular complexity index is 1190. The van der Waals surface area contributed by atoms with Crippen molar-refractivity contribution >= 4 is 17.7 Å². The van der Waals surface area contributed by atoms with Crippen LogP contribution in [-0.2, 0) is 21.1 Å². The lowest BCUT2D eigenvalue weighted by molar-refractivity contribution is -0.314. The second kappa shape index (κ2) is 10.3. The Morgan fingerprint density at radius 3 is 1.97 bits per heavy atom. The Morgan fingerprint density at radius 1 is 0.812 bits per heavy atom. The fourth-order valence-corrected chi connectivity index (χ4v) is 5.29. The Kier molecular flexibility index (Phi) is 7.71. The highest BCUT2D eigenvalue weighted by Gasteiger charge is 2.20. The molecule has 0 aliphatic heterocycles. The van der Waals surface area contributed by atoms with Gasteiger partial charge < -0.3 is 28.4 Å². The Balaban J connectivity index is 1.68. The summed E-state index contributed by atoms with van der Waals surface area (Å²) in [5, 5.41) is 0. The molecule has 170 valence electrons. The summed E-state index contributed by atoms with van der Waals surface area (Å²) in [6, 6.07) is 23.2. The van der Waals surface area contributed by atoms with Crippen molar-refractivity contribution in [1.29, 1.82) is 0 Å². The highest BCUT2D eigenvalue weighted by atomic mass is 32.2. The average molecular weight is 475 g/mol. The van der Waals surface area contributed by atoms with E-state index in [4.69, 9.17) is 9.47 Å². The van der Waals surface area contributed by atoms with E-state index in [1.807, 2.05) is 36.4 Å². The SMILES string of the molecule is O=P([O-])([O-])C(CCCc1cccc(Oc2ccccc2Oc2ccccc2)c1)S(=O)(=O)[O-]. The fourth-order valence-electron chi connectivity index (χ4n) is 3.07. The van der Waals surface area contributed by atoms with Crippen LogP contribution in [0.25, 0.3) is 0 Å². The third kappa shape index (κ3) is 6.91. The van der Waals surface area contributed by atoms with E-state index in [1.165, 1.54) is 0 Å². The summed E-state index contributed by atoms with van der Waals surface area (Å²) in [5.74, 6) is 2.12. The summed E-state index contributed by atoms with van der Waals surface area (Å²) in [5.41, 5.74) is 0.720. The number of hydrogen-bond acceptors (Lipinski definition) is 8. The Morgan fingerprint density at radius 2 is 1.38 bits per heavy atom. The van der Waals surface area contributed by atoms with Gasteiger partial charge in [-0.2, -0.15) is 0 Å². The van der Waals surface area contributed by atoms with Gasteiger partial charge in [-0.15, -0.1) is 0 Å². The van der Waals surface area contributed by atoms with Gasteiger partial charge in [0.1, 0.15) is 21.6 Å². The van der Waals surface area contributed by atoms with Gasteiger partial charge >= 0.3 is 0 Å². The highest BCUT2D eigenvalue weighted by molar-refractivity contribution is 7.93. The molecule has 3 aromatic rings. The van der Waals surface area contributed by atoms with E-state index in [9.17, 15) is 27.3 Å². The zero-order valence-corrected chi connectivity index (χ0v) is 18.5. The molecule has 0 aliphatic rings. The molecule has 32 heavy (non-hydrogen) atoms. The Labute approximate surface area is 186 Å². The molecule has 0 saturated heterocycles. The molecule has 0 amide bonds. The summed E-state index contributed by atoms with van der Waals surface area (Å²) in [7, 11) is -10.8. The molecule has 8 nitrogen and oxygen atoms in total. The van der Waals surface area contributed by atoms with Crippen LogP contribution in [0, 0.1) is 0 Å². The van der Waals surface area contributed by atoms with Crippen LogP contribution in [0.1, 0.15) is 18.4 Å². The van der Waals surface area contributed by atoms with E-state index in [1.54, 1.807) is 42.5 Å². The van der Waals surface area contributed by atoms with E-state index in [0.29, 0.717) is 23.0 Å². The van der Waals surface area contributed by atoms with Crippen LogP contribution >= 0.6 is 7.60 Å². The number of rotatable bonds is 10. The van der Waals surface area contributed by atoms with Gasteiger partial charge in [-0.25, -0.2) is 8.42 Å². The molecule has 0 aromatic heterocycles. The first kappa shape index (κ1) is 24.0. The molecule has 0 bridgehead atoms. The van der Waals surface area contributed by atoms with E-state index < -0.39 is 29.1 Å². The maximum absolute atomic E-state index is 11.1. The lowest BCUT2D eigenvalue weighted by atomic mass is 10.1. The zero-order chi connectivity index (χ0) is 23.2. The molecule has 0 heterocycles. The van der Waals surface area contributed by atoms with E-state index in [0.717, 1.165) is 5.56 Å². The molecule has 1 unspecified atom stereocenters. The monoisotopic (exact) mass is 475 g/mol. The number of benzene rings is 3. The minimum atomic E-state index is -5.55. The van der Waals surface area contributed by atoms with Gasteiger partial charge in [-0.1, -0.05) is 50.1 Å². The van der Waals surface area contributed by atoms with Crippen molar-refractivity contribution in [3.8, 4) is 23.0 Å². The summed E-state index contributed by atoms with van der Waals surface area (Å²) >= 11 is 0. The van der Waals surface area contributed by atoms with Gasteiger partial charge in [0.25, 0.3) is 0 Å². The van der Waals surface area contributed by atoms with E-state index in [-0.39, 0.29) is 12.8 Å². The quantitative estimate of drug-likeness (QED) is 0.321. The number of hydrogen-bond donors (Lipinski definition) is 0. The smallest absolute Gasteiger partial charge is 0.169 e. The second-order valence-electron chi connectivity index (χ2n) is 6.99. The van der Waals surface area contributed by atoms with Gasteiger partial charge in [0.2, 0.25) is 0 Å². The first-order chi connectivity index (χ1) is 15.1. The van der Waals surface area contributed by atoms with E-state index >= 15 is 0 Å². The van der Waals surface area contributed by atoms with Crippen LogP contribution in [0.3, 0.4) is 0 Å². The molecule has 10 heteroatoms. The number of ether oxygens (including phenoxy) is 2. The summed E-state index contributed by atoms with van der Waals surface area (Å²) in [6.45, 7) is 0. The molecule has 0 spiro atoms. The summed E-state index contributed by atoms with van der Waals surface area (Å²) in [4.78, 5) is 19.7. The van der Waals surface area contributed by atoms with Crippen LogP contribution in [0.5, 0.6) is 23.0 Å². The predicted molar refractivity (Wildman–Crippen MR) is 114 cm³/mol. The average Bonchev–Trinajstić information content (AvgIpc) is 2.72. The maximum atomic E-state index is 11.1. The molecule has 0 N–H and O–H groups in total. The van der Waals surface area contributed by atoms with Gasteiger partial charge in [-0.3, -0.25) is 0 Å². The van der Waals surface area contributed by atoms with Crippen molar-refractivity contribution in [2.75, 3.05) is 0 Å². The summed E-state index contributed by atoms with van der Waals surface area (Å²) in [6.07, 6.45) is -0.280. The van der Waals surface area contributed by atoms with Crippen molar-refractivity contribution in [3.63, 3.8) is 0 Å². The minimum absolute atomic E-state index is 0.0256. The molecular weight excluding hydrogens is 455 g/mol. The molecule has 0 saturated carbocycles. The lowest BCUT2D eigenvalue weighted by Crippen LogP contribution is -2.32. The van der Waals surface area contributed by atoms with Crippen molar-refractivity contribution < 1.29 is 36.8 Å². The van der Waals surface area contributed by atoms with Crippen molar-refractivity contribution in [3.05, 3.63) is 84.4 Å². The van der Waals surface area contributed by atoms with Crippen molar-refractivity contribution in [1.82, 2.24) is 0 Å². The second-order valence-corrected chi connectivity index (χ2v) is 10.6. The molecule has 0 fully saturated rings. The highest BCUT2D eigenvalue weighted by Crippen LogP contribution is 2.38. The molecule has 3 rings (SSSR count). The molecule has 0 aliphatic carbocycles. The van der Waals surface area contributed by atoms with Crippen LogP contribution in [0.4, 0.5) is 0 Å². The third-order valence-corrected chi connectivity index (χ3v) is 7.96. The normalized spacial score (nSPS) is 12.8. The van der Waals surface area contributed by atoms with Crippen LogP contribution in [0.2, 0.25) is 0 Å². The molecule has 1 atom stereocenters. The van der Waals surface area contributed by atoms with Gasteiger partial charge in [0.05, 0.1) is 4.99 Å². The number of para-hydroxylation sites is 3. The minimum Gasteiger partial charge on any atom is -0.810 e. The maximum Gasteiger partial charge on any atom is 0.169 e. The van der Waals surface area contributed by atoms with Crippen LogP contribution < -0.4 is 19.3 Å². The zero-order valence-electron chi connectivity index (χ0n) is 16.8. The number of aryl methyl sites for hydroxylation is 1. The predicted octanol–water partition coefficient (Wildman–Crippen LogP) is 3.38. The lowest BCUT2D eigenvalue weighted by Gasteiger charge is -2.39. The first-order valence-corrected chi connectivity index (χ1v) is 12.8. The molecular formula is C22H20O8PS-3.